The summed E-state index contributed by atoms with van der Waals surface area (Å²) in [4.78, 5) is 54.6. The predicted molar refractivity (Wildman–Crippen MR) is 153 cm³/mol. The average molecular weight is 574 g/mol. The van der Waals surface area contributed by atoms with Gasteiger partial charge in [0.1, 0.15) is 18.0 Å². The number of hydrogen-bond donors (Lipinski definition) is 1. The molecule has 3 aromatic rings. The number of Topliss-reactive ketones (excluding diaryl/α,β-unsaturated/α-hetero) is 1. The van der Waals surface area contributed by atoms with E-state index in [1.54, 1.807) is 42.6 Å². The molecule has 42 heavy (non-hydrogen) atoms. The highest BCUT2D eigenvalue weighted by molar-refractivity contribution is 5.97. The minimum Gasteiger partial charge on any atom is -0.457 e. The Morgan fingerprint density at radius 3 is 2.60 bits per heavy atom. The van der Waals surface area contributed by atoms with Crippen LogP contribution in [0.2, 0.25) is 0 Å². The molecule has 1 saturated heterocycles. The van der Waals surface area contributed by atoms with E-state index in [0.717, 1.165) is 11.1 Å². The normalized spacial score (nSPS) is 19.3. The maximum Gasteiger partial charge on any atom is 0.254 e. The van der Waals surface area contributed by atoms with E-state index in [1.807, 2.05) is 37.3 Å². The van der Waals surface area contributed by atoms with E-state index >= 15 is 0 Å². The van der Waals surface area contributed by atoms with E-state index in [0.29, 0.717) is 34.0 Å². The molecule has 4 bridgehead atoms. The zero-order chi connectivity index (χ0) is 30.1. The van der Waals surface area contributed by atoms with E-state index in [4.69, 9.17) is 9.47 Å². The van der Waals surface area contributed by atoms with Crippen LogP contribution in [0.1, 0.15) is 50.2 Å². The maximum absolute atomic E-state index is 13.4. The van der Waals surface area contributed by atoms with Crippen LogP contribution in [0.3, 0.4) is 0 Å². The van der Waals surface area contributed by atoms with Crippen LogP contribution in [0.15, 0.2) is 42.5 Å². The van der Waals surface area contributed by atoms with Gasteiger partial charge in [-0.1, -0.05) is 18.2 Å². The van der Waals surface area contributed by atoms with E-state index in [2.05, 4.69) is 10.4 Å². The molecule has 0 spiro atoms. The summed E-state index contributed by atoms with van der Waals surface area (Å²) in [6, 6.07) is 12.2. The molecular formula is C31H35N5O6. The first-order chi connectivity index (χ1) is 20.0. The summed E-state index contributed by atoms with van der Waals surface area (Å²) in [6.07, 6.45) is -0.486. The molecule has 0 unspecified atom stereocenters. The summed E-state index contributed by atoms with van der Waals surface area (Å²) >= 11 is 0. The summed E-state index contributed by atoms with van der Waals surface area (Å²) in [5, 5.41) is 7.38. The predicted octanol–water partition coefficient (Wildman–Crippen LogP) is 2.80. The number of nitrogens with one attached hydrogen (secondary N) is 1. The van der Waals surface area contributed by atoms with E-state index < -0.39 is 12.1 Å². The van der Waals surface area contributed by atoms with E-state index in [1.165, 1.54) is 11.8 Å². The third-order valence-electron chi connectivity index (χ3n) is 7.74. The molecule has 2 atom stereocenters. The molecule has 0 saturated carbocycles. The Kier molecular flexibility index (Phi) is 8.13. The highest BCUT2D eigenvalue weighted by Gasteiger charge is 2.37. The van der Waals surface area contributed by atoms with Gasteiger partial charge in [0.25, 0.3) is 5.91 Å². The minimum atomic E-state index is -0.489. The highest BCUT2D eigenvalue weighted by Crippen LogP contribution is 2.28. The number of amides is 3. The van der Waals surface area contributed by atoms with Gasteiger partial charge < -0.3 is 24.6 Å². The highest BCUT2D eigenvalue weighted by atomic mass is 16.5. The van der Waals surface area contributed by atoms with Crippen LogP contribution < -0.4 is 10.1 Å². The van der Waals surface area contributed by atoms with Gasteiger partial charge in [-0.25, -0.2) is 0 Å². The van der Waals surface area contributed by atoms with Crippen LogP contribution >= 0.6 is 0 Å². The van der Waals surface area contributed by atoms with Crippen molar-refractivity contribution in [2.24, 2.45) is 0 Å². The summed E-state index contributed by atoms with van der Waals surface area (Å²) in [5.74, 6) is 0.170. The van der Waals surface area contributed by atoms with Crippen LogP contribution in [-0.4, -0.2) is 81.9 Å². The third kappa shape index (κ3) is 6.06. The van der Waals surface area contributed by atoms with Gasteiger partial charge >= 0.3 is 0 Å². The van der Waals surface area contributed by atoms with Crippen molar-refractivity contribution in [1.29, 1.82) is 0 Å². The Labute approximate surface area is 244 Å². The second kappa shape index (κ2) is 11.8. The van der Waals surface area contributed by atoms with Crippen molar-refractivity contribution in [3.05, 3.63) is 76.1 Å². The van der Waals surface area contributed by atoms with Crippen LogP contribution in [0.4, 0.5) is 0 Å². The molecule has 11 nitrogen and oxygen atoms in total. The first kappa shape index (κ1) is 29.0. The van der Waals surface area contributed by atoms with Gasteiger partial charge in [0.2, 0.25) is 11.8 Å². The molecule has 5 rings (SSSR count). The van der Waals surface area contributed by atoms with Gasteiger partial charge in [-0.15, -0.1) is 0 Å². The lowest BCUT2D eigenvalue weighted by Crippen LogP contribution is -2.48. The largest absolute Gasteiger partial charge is 0.457 e. The number of carbonyl (C=O) groups is 4. The Hall–Kier alpha value is -4.51. The zero-order valence-corrected chi connectivity index (χ0v) is 24.5. The monoisotopic (exact) mass is 573 g/mol. The van der Waals surface area contributed by atoms with Crippen molar-refractivity contribution in [3.8, 4) is 11.5 Å². The number of aromatic nitrogens is 2. The number of ether oxygens (including phenoxy) is 2. The first-order valence-corrected chi connectivity index (χ1v) is 13.9. The summed E-state index contributed by atoms with van der Waals surface area (Å²) in [5.41, 5.74) is 3.87. The molecule has 1 N–H and O–H groups in total. The number of benzene rings is 2. The first-order valence-electron chi connectivity index (χ1n) is 13.9. The lowest BCUT2D eigenvalue weighted by Gasteiger charge is -2.23. The molecular weight excluding hydrogens is 538 g/mol. The quantitative estimate of drug-likeness (QED) is 0.478. The maximum atomic E-state index is 13.4. The van der Waals surface area contributed by atoms with Gasteiger partial charge in [0.05, 0.1) is 36.6 Å². The molecule has 1 fully saturated rings. The molecule has 0 aliphatic carbocycles. The Bertz CT molecular complexity index is 1560. The summed E-state index contributed by atoms with van der Waals surface area (Å²) in [7, 11) is 1.57. The Morgan fingerprint density at radius 1 is 1.07 bits per heavy atom. The lowest BCUT2D eigenvalue weighted by atomic mass is 10.1. The summed E-state index contributed by atoms with van der Waals surface area (Å²) in [6.45, 7) is 7.43. The van der Waals surface area contributed by atoms with Crippen LogP contribution in [-0.2, 0) is 27.5 Å². The molecule has 3 amide bonds. The number of carbonyl (C=O) groups excluding carboxylic acids is 4. The smallest absolute Gasteiger partial charge is 0.254 e. The molecule has 1 aromatic heterocycles. The topological polar surface area (TPSA) is 123 Å². The van der Waals surface area contributed by atoms with Gasteiger partial charge in [0.15, 0.2) is 5.78 Å². The molecule has 220 valence electrons. The second-order valence-corrected chi connectivity index (χ2v) is 11.0. The summed E-state index contributed by atoms with van der Waals surface area (Å²) < 4.78 is 13.9. The number of likely N-dealkylation sites (tertiary alicyclic amines) is 1. The number of hydrogen-bond acceptors (Lipinski definition) is 7. The van der Waals surface area contributed by atoms with Crippen LogP contribution in [0.5, 0.6) is 11.5 Å². The van der Waals surface area contributed by atoms with Gasteiger partial charge in [-0.3, -0.25) is 23.9 Å². The lowest BCUT2D eigenvalue weighted by molar-refractivity contribution is -0.131. The van der Waals surface area contributed by atoms with Crippen molar-refractivity contribution in [2.75, 3.05) is 26.7 Å². The van der Waals surface area contributed by atoms with Crippen LogP contribution in [0, 0.1) is 20.8 Å². The fraction of sp³-hybridized carbons (Fsp3) is 0.387. The number of ketones is 1. The number of likely N-dealkylation sites (N-methyl/N-ethyl adjacent to an activating group) is 1. The second-order valence-electron chi connectivity index (χ2n) is 11.0. The third-order valence-corrected chi connectivity index (χ3v) is 7.74. The average Bonchev–Trinajstić information content (AvgIpc) is 3.46. The fourth-order valence-electron chi connectivity index (χ4n) is 5.51. The number of nitrogens with zero attached hydrogens (tertiary/aromatic N) is 4. The fourth-order valence-corrected chi connectivity index (χ4v) is 5.51. The van der Waals surface area contributed by atoms with Crippen molar-refractivity contribution in [1.82, 2.24) is 24.9 Å². The van der Waals surface area contributed by atoms with Gasteiger partial charge in [0, 0.05) is 31.4 Å². The van der Waals surface area contributed by atoms with E-state index in [9.17, 15) is 19.2 Å². The van der Waals surface area contributed by atoms with Gasteiger partial charge in [-0.05, 0) is 63.1 Å². The Morgan fingerprint density at radius 2 is 1.86 bits per heavy atom. The molecule has 3 heterocycles. The Balaban J connectivity index is 1.38. The molecule has 2 aliphatic heterocycles. The molecule has 2 aromatic carbocycles. The number of rotatable bonds is 3. The zero-order valence-electron chi connectivity index (χ0n) is 24.5. The molecule has 11 heteroatoms. The van der Waals surface area contributed by atoms with Gasteiger partial charge in [-0.2, -0.15) is 5.10 Å². The standard InChI is InChI=1S/C31H35N5O6/c1-18-9-10-23-12-26(18)42-24-8-6-7-22(11-24)17-41-27-14-35(13-25(27)32-28(38)15-34(5)31(23)40)29(39)16-36-20(3)30(21(4)37)19(2)33-36/h6-12,25,27H,13-17H2,1-5H3,(H,32,38)/t25-,27-/m0/s1. The van der Waals surface area contributed by atoms with E-state index in [-0.39, 0.29) is 56.3 Å². The van der Waals surface area contributed by atoms with Crippen molar-refractivity contribution in [3.63, 3.8) is 0 Å². The number of fused-ring (bicyclic) bond motifs is 5. The van der Waals surface area contributed by atoms with Crippen LogP contribution in [0.25, 0.3) is 0 Å². The van der Waals surface area contributed by atoms with Crippen molar-refractivity contribution in [2.45, 2.75) is 53.0 Å². The molecule has 0 radical (unpaired) electrons. The number of aryl methyl sites for hydroxylation is 2. The van der Waals surface area contributed by atoms with Crippen molar-refractivity contribution < 1.29 is 28.7 Å². The molecule has 2 aliphatic rings. The SMILES string of the molecule is CC(=O)c1c(C)nn(CC(=O)N2C[C@@H]3NC(=O)CN(C)C(=O)c4ccc(C)c(c4)Oc4cccc(c4)CO[C@H]3C2)c1C. The minimum absolute atomic E-state index is 0.0398. The van der Waals surface area contributed by atoms with Crippen molar-refractivity contribution >= 4 is 23.5 Å².